The topological polar surface area (TPSA) is 59.8 Å². The predicted molar refractivity (Wildman–Crippen MR) is 79.8 cm³/mol. The van der Waals surface area contributed by atoms with Crippen LogP contribution < -0.4 is 5.32 Å². The van der Waals surface area contributed by atoms with E-state index in [1.807, 2.05) is 13.8 Å². The minimum Gasteiger partial charge on any atom is -0.290 e. The molecule has 0 unspecified atom stereocenters. The second-order valence-corrected chi connectivity index (χ2v) is 5.57. The lowest BCUT2D eigenvalue weighted by molar-refractivity contribution is 0.102. The maximum Gasteiger partial charge on any atom is 0.261 e. The van der Waals surface area contributed by atoms with Gasteiger partial charge in [-0.3, -0.25) is 10.1 Å². The van der Waals surface area contributed by atoms with Gasteiger partial charge in [-0.1, -0.05) is 34.8 Å². The van der Waals surface area contributed by atoms with E-state index in [9.17, 15) is 4.79 Å². The lowest BCUT2D eigenvalue weighted by atomic mass is 10.2. The lowest BCUT2D eigenvalue weighted by Gasteiger charge is -2.11. The van der Waals surface area contributed by atoms with Crippen LogP contribution in [0.2, 0.25) is 15.1 Å². The minimum atomic E-state index is -0.466. The summed E-state index contributed by atoms with van der Waals surface area (Å²) in [5.74, 6) is -0.140. The van der Waals surface area contributed by atoms with Crippen LogP contribution in [0.1, 0.15) is 30.2 Å². The molecule has 0 aliphatic carbocycles. The number of nitrogens with zero attached hydrogens (tertiary/aromatic N) is 3. The molecule has 0 radical (unpaired) electrons. The third-order valence-corrected chi connectivity index (χ3v) is 3.34. The van der Waals surface area contributed by atoms with Gasteiger partial charge in [0.05, 0.1) is 21.7 Å². The number of hydrogen-bond acceptors (Lipinski definition) is 3. The van der Waals surface area contributed by atoms with Gasteiger partial charge in [0.25, 0.3) is 5.91 Å². The number of anilines is 1. The van der Waals surface area contributed by atoms with Crippen LogP contribution in [-0.4, -0.2) is 20.7 Å². The summed E-state index contributed by atoms with van der Waals surface area (Å²) in [5.41, 5.74) is 0.149. The highest BCUT2D eigenvalue weighted by Gasteiger charge is 2.18. The Hall–Kier alpha value is -1.30. The van der Waals surface area contributed by atoms with Crippen molar-refractivity contribution in [2.45, 2.75) is 19.9 Å². The highest BCUT2D eigenvalue weighted by atomic mass is 35.5. The molecule has 0 saturated carbocycles. The maximum atomic E-state index is 12.2. The van der Waals surface area contributed by atoms with Crippen molar-refractivity contribution in [3.63, 3.8) is 0 Å². The molecule has 2 aromatic rings. The molecule has 2 rings (SSSR count). The quantitative estimate of drug-likeness (QED) is 0.921. The molecule has 1 N–H and O–H groups in total. The summed E-state index contributed by atoms with van der Waals surface area (Å²) in [5, 5.41) is 7.37. The van der Waals surface area contributed by atoms with Crippen molar-refractivity contribution in [1.82, 2.24) is 14.8 Å². The van der Waals surface area contributed by atoms with Gasteiger partial charge in [0.2, 0.25) is 5.95 Å². The molecule has 20 heavy (non-hydrogen) atoms. The van der Waals surface area contributed by atoms with Gasteiger partial charge in [0, 0.05) is 5.02 Å². The first kappa shape index (κ1) is 15.1. The molecule has 0 fully saturated rings. The Morgan fingerprint density at radius 1 is 1.25 bits per heavy atom. The van der Waals surface area contributed by atoms with E-state index in [2.05, 4.69) is 15.4 Å². The number of rotatable bonds is 3. The van der Waals surface area contributed by atoms with Crippen molar-refractivity contribution in [3.8, 4) is 0 Å². The van der Waals surface area contributed by atoms with Crippen LogP contribution in [0, 0.1) is 0 Å². The smallest absolute Gasteiger partial charge is 0.261 e. The second kappa shape index (κ2) is 5.99. The molecule has 1 amide bonds. The first-order valence-corrected chi connectivity index (χ1v) is 6.89. The monoisotopic (exact) mass is 332 g/mol. The van der Waals surface area contributed by atoms with E-state index >= 15 is 0 Å². The highest BCUT2D eigenvalue weighted by Crippen LogP contribution is 2.29. The largest absolute Gasteiger partial charge is 0.290 e. The van der Waals surface area contributed by atoms with Crippen LogP contribution in [0.3, 0.4) is 0 Å². The van der Waals surface area contributed by atoms with Gasteiger partial charge in [0.15, 0.2) is 0 Å². The van der Waals surface area contributed by atoms with Crippen molar-refractivity contribution < 1.29 is 4.79 Å². The first-order chi connectivity index (χ1) is 9.40. The minimum absolute atomic E-state index is 0.0592. The number of amides is 1. The summed E-state index contributed by atoms with van der Waals surface area (Å²) >= 11 is 17.8. The van der Waals surface area contributed by atoms with Gasteiger partial charge in [-0.15, -0.1) is 0 Å². The van der Waals surface area contributed by atoms with E-state index in [0.717, 1.165) is 0 Å². The zero-order chi connectivity index (χ0) is 14.9. The average molecular weight is 334 g/mol. The number of nitrogens with one attached hydrogen (secondary N) is 1. The highest BCUT2D eigenvalue weighted by molar-refractivity contribution is 6.42. The summed E-state index contributed by atoms with van der Waals surface area (Å²) in [6.45, 7) is 3.85. The second-order valence-electron chi connectivity index (χ2n) is 4.32. The Morgan fingerprint density at radius 2 is 1.85 bits per heavy atom. The molecule has 1 aromatic carbocycles. The molecular formula is C12H11Cl3N4O. The Morgan fingerprint density at radius 3 is 2.40 bits per heavy atom. The van der Waals surface area contributed by atoms with Crippen molar-refractivity contribution in [3.05, 3.63) is 39.1 Å². The molecule has 0 aliphatic rings. The van der Waals surface area contributed by atoms with Gasteiger partial charge < -0.3 is 0 Å². The average Bonchev–Trinajstić information content (AvgIpc) is 2.75. The third kappa shape index (κ3) is 3.06. The molecule has 8 heteroatoms. The third-order valence-electron chi connectivity index (χ3n) is 2.52. The lowest BCUT2D eigenvalue weighted by Crippen LogP contribution is -2.18. The Balaban J connectivity index is 2.31. The number of halogens is 3. The van der Waals surface area contributed by atoms with Gasteiger partial charge in [0.1, 0.15) is 6.33 Å². The molecule has 1 aromatic heterocycles. The van der Waals surface area contributed by atoms with Crippen molar-refractivity contribution >= 4 is 46.7 Å². The van der Waals surface area contributed by atoms with Crippen LogP contribution in [-0.2, 0) is 0 Å². The maximum absolute atomic E-state index is 12.2. The van der Waals surface area contributed by atoms with Crippen LogP contribution in [0.25, 0.3) is 0 Å². The first-order valence-electron chi connectivity index (χ1n) is 5.75. The van der Waals surface area contributed by atoms with Crippen LogP contribution in [0.4, 0.5) is 5.95 Å². The molecular weight excluding hydrogens is 323 g/mol. The number of aromatic nitrogens is 3. The van der Waals surface area contributed by atoms with E-state index in [4.69, 9.17) is 34.8 Å². The van der Waals surface area contributed by atoms with Gasteiger partial charge >= 0.3 is 0 Å². The SMILES string of the molecule is CC(C)n1ncnc1NC(=O)c1c(Cl)cc(Cl)cc1Cl. The zero-order valence-electron chi connectivity index (χ0n) is 10.7. The fourth-order valence-electron chi connectivity index (χ4n) is 1.64. The van der Waals surface area contributed by atoms with E-state index in [-0.39, 0.29) is 21.7 Å². The van der Waals surface area contributed by atoms with E-state index in [1.54, 1.807) is 4.68 Å². The molecule has 106 valence electrons. The number of hydrogen-bond donors (Lipinski definition) is 1. The molecule has 5 nitrogen and oxygen atoms in total. The van der Waals surface area contributed by atoms with E-state index in [1.165, 1.54) is 18.5 Å². The molecule has 0 bridgehead atoms. The van der Waals surface area contributed by atoms with Gasteiger partial charge in [-0.05, 0) is 26.0 Å². The summed E-state index contributed by atoms with van der Waals surface area (Å²) in [6.07, 6.45) is 1.36. The molecule has 0 saturated heterocycles. The summed E-state index contributed by atoms with van der Waals surface area (Å²) in [6, 6.07) is 2.97. The fraction of sp³-hybridized carbons (Fsp3) is 0.250. The molecule has 0 spiro atoms. The fourth-order valence-corrected chi connectivity index (χ4v) is 2.63. The molecule has 0 aliphatic heterocycles. The number of carbonyl (C=O) groups excluding carboxylic acids is 1. The van der Waals surface area contributed by atoms with E-state index < -0.39 is 5.91 Å². The van der Waals surface area contributed by atoms with Crippen molar-refractivity contribution in [2.75, 3.05) is 5.32 Å². The Bertz CT molecular complexity index is 631. The van der Waals surface area contributed by atoms with E-state index in [0.29, 0.717) is 11.0 Å². The number of carbonyl (C=O) groups is 1. The van der Waals surface area contributed by atoms with Crippen molar-refractivity contribution in [1.29, 1.82) is 0 Å². The standard InChI is InChI=1S/C12H11Cl3N4O/c1-6(2)19-12(16-5-17-19)18-11(20)10-8(14)3-7(13)4-9(10)15/h3-6H,1-2H3,(H,16,17,18,20). The number of benzene rings is 1. The zero-order valence-corrected chi connectivity index (χ0v) is 13.0. The van der Waals surface area contributed by atoms with Crippen LogP contribution in [0.15, 0.2) is 18.5 Å². The predicted octanol–water partition coefficient (Wildman–Crippen LogP) is 4.07. The van der Waals surface area contributed by atoms with Crippen LogP contribution >= 0.6 is 34.8 Å². The Kier molecular flexibility index (Phi) is 4.52. The normalized spacial score (nSPS) is 10.9. The van der Waals surface area contributed by atoms with Gasteiger partial charge in [-0.2, -0.15) is 10.1 Å². The van der Waals surface area contributed by atoms with Crippen molar-refractivity contribution in [2.24, 2.45) is 0 Å². The van der Waals surface area contributed by atoms with Crippen LogP contribution in [0.5, 0.6) is 0 Å². The Labute approximate surface area is 130 Å². The summed E-state index contributed by atoms with van der Waals surface area (Å²) in [7, 11) is 0. The summed E-state index contributed by atoms with van der Waals surface area (Å²) < 4.78 is 1.58. The van der Waals surface area contributed by atoms with Gasteiger partial charge in [-0.25, -0.2) is 4.68 Å². The summed E-state index contributed by atoms with van der Waals surface area (Å²) in [4.78, 5) is 16.2. The molecule has 1 heterocycles. The molecule has 0 atom stereocenters.